The van der Waals surface area contributed by atoms with Crippen molar-refractivity contribution in [1.29, 1.82) is 0 Å². The minimum absolute atomic E-state index is 0.192. The van der Waals surface area contributed by atoms with Crippen LogP contribution in [-0.2, 0) is 14.4 Å². The molecule has 2 aliphatic rings. The Morgan fingerprint density at radius 2 is 1.71 bits per heavy atom. The number of imide groups is 1. The van der Waals surface area contributed by atoms with Crippen molar-refractivity contribution in [3.8, 4) is 0 Å². The molecule has 1 N–H and O–H groups in total. The summed E-state index contributed by atoms with van der Waals surface area (Å²) in [6.45, 7) is 1.67. The van der Waals surface area contributed by atoms with Crippen molar-refractivity contribution in [1.82, 2.24) is 10.2 Å². The van der Waals surface area contributed by atoms with E-state index >= 15 is 0 Å². The molecule has 0 saturated carbocycles. The van der Waals surface area contributed by atoms with Gasteiger partial charge < -0.3 is 5.32 Å². The third-order valence-electron chi connectivity index (χ3n) is 4.65. The SMILES string of the molecule is C[C@@H](NC(=O)CN1C(=O)[C@H]2CC=CC[C@@H]2C1=O)c1ccc(Br)cc1. The van der Waals surface area contributed by atoms with Crippen LogP contribution in [0.15, 0.2) is 40.9 Å². The van der Waals surface area contributed by atoms with E-state index in [1.54, 1.807) is 0 Å². The zero-order chi connectivity index (χ0) is 17.3. The zero-order valence-corrected chi connectivity index (χ0v) is 15.0. The molecule has 3 amide bonds. The van der Waals surface area contributed by atoms with Crippen LogP contribution in [-0.4, -0.2) is 29.2 Å². The van der Waals surface area contributed by atoms with E-state index in [2.05, 4.69) is 21.2 Å². The Morgan fingerprint density at radius 3 is 2.25 bits per heavy atom. The van der Waals surface area contributed by atoms with E-state index in [1.165, 1.54) is 0 Å². The molecule has 0 radical (unpaired) electrons. The van der Waals surface area contributed by atoms with Crippen LogP contribution in [0.3, 0.4) is 0 Å². The number of nitrogens with zero attached hydrogens (tertiary/aromatic N) is 1. The summed E-state index contributed by atoms with van der Waals surface area (Å²) in [4.78, 5) is 38.1. The summed E-state index contributed by atoms with van der Waals surface area (Å²) in [6.07, 6.45) is 5.04. The molecule has 0 spiro atoms. The molecule has 0 aromatic heterocycles. The summed E-state index contributed by atoms with van der Waals surface area (Å²) >= 11 is 3.37. The van der Waals surface area contributed by atoms with Gasteiger partial charge in [-0.3, -0.25) is 19.3 Å². The van der Waals surface area contributed by atoms with Crippen molar-refractivity contribution in [3.05, 3.63) is 46.5 Å². The van der Waals surface area contributed by atoms with Gasteiger partial charge in [0.15, 0.2) is 0 Å². The van der Waals surface area contributed by atoms with E-state index in [0.29, 0.717) is 12.8 Å². The Balaban J connectivity index is 1.61. The van der Waals surface area contributed by atoms with Gasteiger partial charge in [-0.1, -0.05) is 40.2 Å². The zero-order valence-electron chi connectivity index (χ0n) is 13.4. The molecule has 0 unspecified atom stereocenters. The number of carbonyl (C=O) groups is 3. The fraction of sp³-hybridized carbons (Fsp3) is 0.389. The first-order valence-corrected chi connectivity index (χ1v) is 8.81. The molecular weight excluding hydrogens is 372 g/mol. The van der Waals surface area contributed by atoms with Gasteiger partial charge in [-0.25, -0.2) is 0 Å². The molecule has 126 valence electrons. The Bertz CT molecular complexity index is 673. The first-order chi connectivity index (χ1) is 11.5. The topological polar surface area (TPSA) is 66.5 Å². The predicted octanol–water partition coefficient (Wildman–Crippen LogP) is 2.58. The van der Waals surface area contributed by atoms with Gasteiger partial charge in [0, 0.05) is 4.47 Å². The third kappa shape index (κ3) is 3.29. The summed E-state index contributed by atoms with van der Waals surface area (Å²) in [5.74, 6) is -1.35. The second-order valence-corrected chi connectivity index (χ2v) is 7.17. The molecule has 1 aliphatic heterocycles. The lowest BCUT2D eigenvalue weighted by Crippen LogP contribution is -2.41. The number of rotatable bonds is 4. The summed E-state index contributed by atoms with van der Waals surface area (Å²) in [6, 6.07) is 7.46. The largest absolute Gasteiger partial charge is 0.348 e. The van der Waals surface area contributed by atoms with Crippen molar-refractivity contribution < 1.29 is 14.4 Å². The molecule has 3 rings (SSSR count). The van der Waals surface area contributed by atoms with Gasteiger partial charge >= 0.3 is 0 Å². The number of hydrogen-bond donors (Lipinski definition) is 1. The fourth-order valence-electron chi connectivity index (χ4n) is 3.29. The van der Waals surface area contributed by atoms with E-state index in [9.17, 15) is 14.4 Å². The monoisotopic (exact) mass is 390 g/mol. The number of fused-ring (bicyclic) bond motifs is 1. The summed E-state index contributed by atoms with van der Waals surface area (Å²) in [5, 5.41) is 2.85. The van der Waals surface area contributed by atoms with Gasteiger partial charge in [-0.2, -0.15) is 0 Å². The number of allylic oxidation sites excluding steroid dienone is 2. The smallest absolute Gasteiger partial charge is 0.240 e. The number of nitrogens with one attached hydrogen (secondary N) is 1. The average molecular weight is 391 g/mol. The summed E-state index contributed by atoms with van der Waals surface area (Å²) < 4.78 is 0.967. The molecule has 1 fully saturated rings. The van der Waals surface area contributed by atoms with Gasteiger partial charge in [0.25, 0.3) is 0 Å². The Kier molecular flexibility index (Phi) is 4.85. The minimum Gasteiger partial charge on any atom is -0.348 e. The first-order valence-electron chi connectivity index (χ1n) is 8.02. The van der Waals surface area contributed by atoms with Crippen LogP contribution >= 0.6 is 15.9 Å². The van der Waals surface area contributed by atoms with Crippen molar-refractivity contribution in [2.45, 2.75) is 25.8 Å². The van der Waals surface area contributed by atoms with Crippen LogP contribution < -0.4 is 5.32 Å². The molecule has 24 heavy (non-hydrogen) atoms. The average Bonchev–Trinajstić information content (AvgIpc) is 2.81. The van der Waals surface area contributed by atoms with Crippen molar-refractivity contribution in [2.24, 2.45) is 11.8 Å². The number of carbonyl (C=O) groups excluding carboxylic acids is 3. The first kappa shape index (κ1) is 16.9. The van der Waals surface area contributed by atoms with Crippen LogP contribution in [0.1, 0.15) is 31.4 Å². The van der Waals surface area contributed by atoms with E-state index < -0.39 is 0 Å². The highest BCUT2D eigenvalue weighted by Crippen LogP contribution is 2.34. The maximum absolute atomic E-state index is 12.4. The van der Waals surface area contributed by atoms with Gasteiger partial charge in [0.2, 0.25) is 17.7 Å². The fourth-order valence-corrected chi connectivity index (χ4v) is 3.55. The van der Waals surface area contributed by atoms with Gasteiger partial charge in [-0.15, -0.1) is 0 Å². The molecule has 1 aromatic carbocycles. The number of halogens is 1. The van der Waals surface area contributed by atoms with Gasteiger partial charge in [0.1, 0.15) is 6.54 Å². The standard InChI is InChI=1S/C18H19BrN2O3/c1-11(12-6-8-13(19)9-7-12)20-16(22)10-21-17(23)14-4-2-3-5-15(14)18(21)24/h2-3,6-9,11,14-15H,4-5,10H2,1H3,(H,20,22)/t11-,14+,15+/m1/s1. The predicted molar refractivity (Wildman–Crippen MR) is 92.8 cm³/mol. The van der Waals surface area contributed by atoms with E-state index in [4.69, 9.17) is 0 Å². The second kappa shape index (κ2) is 6.89. The highest BCUT2D eigenvalue weighted by molar-refractivity contribution is 9.10. The molecule has 6 heteroatoms. The molecular formula is C18H19BrN2O3. The van der Waals surface area contributed by atoms with Crippen LogP contribution in [0, 0.1) is 11.8 Å². The Labute approximate surface area is 149 Å². The summed E-state index contributed by atoms with van der Waals surface area (Å²) in [7, 11) is 0. The normalized spacial score (nSPS) is 24.0. The van der Waals surface area contributed by atoms with Crippen LogP contribution in [0.25, 0.3) is 0 Å². The lowest BCUT2D eigenvalue weighted by molar-refractivity contribution is -0.143. The lowest BCUT2D eigenvalue weighted by atomic mass is 9.85. The lowest BCUT2D eigenvalue weighted by Gasteiger charge is -2.18. The van der Waals surface area contributed by atoms with Crippen molar-refractivity contribution in [3.63, 3.8) is 0 Å². The Morgan fingerprint density at radius 1 is 1.17 bits per heavy atom. The molecule has 5 nitrogen and oxygen atoms in total. The number of amides is 3. The summed E-state index contributed by atoms with van der Waals surface area (Å²) in [5.41, 5.74) is 0.962. The molecule has 0 bridgehead atoms. The van der Waals surface area contributed by atoms with E-state index in [1.807, 2.05) is 43.3 Å². The van der Waals surface area contributed by atoms with Gasteiger partial charge in [0.05, 0.1) is 17.9 Å². The van der Waals surface area contributed by atoms with Crippen molar-refractivity contribution >= 4 is 33.7 Å². The maximum atomic E-state index is 12.4. The molecule has 1 aliphatic carbocycles. The van der Waals surface area contributed by atoms with Crippen LogP contribution in [0.2, 0.25) is 0 Å². The van der Waals surface area contributed by atoms with Crippen LogP contribution in [0.5, 0.6) is 0 Å². The quantitative estimate of drug-likeness (QED) is 0.634. The maximum Gasteiger partial charge on any atom is 0.240 e. The molecule has 3 atom stereocenters. The third-order valence-corrected chi connectivity index (χ3v) is 5.18. The van der Waals surface area contributed by atoms with E-state index in [0.717, 1.165) is 14.9 Å². The number of benzene rings is 1. The molecule has 1 aromatic rings. The molecule has 1 heterocycles. The highest BCUT2D eigenvalue weighted by Gasteiger charge is 2.47. The number of hydrogen-bond acceptors (Lipinski definition) is 3. The highest BCUT2D eigenvalue weighted by atomic mass is 79.9. The van der Waals surface area contributed by atoms with Crippen molar-refractivity contribution in [2.75, 3.05) is 6.54 Å². The van der Waals surface area contributed by atoms with E-state index in [-0.39, 0.29) is 42.1 Å². The molecule has 1 saturated heterocycles. The Hall–Kier alpha value is -1.95. The minimum atomic E-state index is -0.321. The number of likely N-dealkylation sites (tertiary alicyclic amines) is 1. The van der Waals surface area contributed by atoms with Crippen LogP contribution in [0.4, 0.5) is 0 Å². The van der Waals surface area contributed by atoms with Gasteiger partial charge in [-0.05, 0) is 37.5 Å². The second-order valence-electron chi connectivity index (χ2n) is 6.26.